The van der Waals surface area contributed by atoms with Gasteiger partial charge >= 0.3 is 0 Å². The summed E-state index contributed by atoms with van der Waals surface area (Å²) in [5, 5.41) is 9.37. The molecule has 2 unspecified atom stereocenters. The van der Waals surface area contributed by atoms with E-state index in [-0.39, 0.29) is 24.3 Å². The Morgan fingerprint density at radius 1 is 1.03 bits per heavy atom. The molecule has 3 rings (SSSR count). The molecule has 8 nitrogen and oxygen atoms in total. The largest absolute Gasteiger partial charge is 0.396 e. The van der Waals surface area contributed by atoms with Gasteiger partial charge in [-0.1, -0.05) is 39.3 Å². The Balaban J connectivity index is 2.07. The zero-order chi connectivity index (χ0) is 27.2. The standard InChI is InChI=1S/C29H47N3O5/c1-6-11-19-31(18-9-4)27(36)24-29-15-14-28(10-5,37-29)22(25(34)30(16-7-2)17-8-3)23(29)26(35)32(24)20-12-13-21-33/h7,9,22-24,33H,2,4,6,8,10-21H2,1,3,5H3/t22-,23+,24?,28+,29?/m1/s1. The molecule has 1 spiro atoms. The van der Waals surface area contributed by atoms with Gasteiger partial charge in [0.25, 0.3) is 0 Å². The van der Waals surface area contributed by atoms with Crippen LogP contribution in [0.5, 0.6) is 0 Å². The van der Waals surface area contributed by atoms with Gasteiger partial charge in [-0.25, -0.2) is 0 Å². The van der Waals surface area contributed by atoms with E-state index in [4.69, 9.17) is 4.74 Å². The van der Waals surface area contributed by atoms with Gasteiger partial charge in [-0.05, 0) is 44.9 Å². The van der Waals surface area contributed by atoms with Crippen LogP contribution >= 0.6 is 0 Å². The van der Waals surface area contributed by atoms with Crippen molar-refractivity contribution in [3.63, 3.8) is 0 Å². The van der Waals surface area contributed by atoms with Crippen LogP contribution in [-0.4, -0.2) is 94.1 Å². The predicted molar refractivity (Wildman–Crippen MR) is 144 cm³/mol. The van der Waals surface area contributed by atoms with Gasteiger partial charge in [-0.2, -0.15) is 0 Å². The van der Waals surface area contributed by atoms with Crippen molar-refractivity contribution in [1.82, 2.24) is 14.7 Å². The molecule has 0 aromatic rings. The van der Waals surface area contributed by atoms with Crippen LogP contribution in [-0.2, 0) is 19.1 Å². The van der Waals surface area contributed by atoms with Gasteiger partial charge in [-0.15, -0.1) is 13.2 Å². The predicted octanol–water partition coefficient (Wildman–Crippen LogP) is 3.15. The molecule has 0 radical (unpaired) electrons. The van der Waals surface area contributed by atoms with E-state index in [0.29, 0.717) is 64.8 Å². The zero-order valence-electron chi connectivity index (χ0n) is 23.1. The van der Waals surface area contributed by atoms with Crippen molar-refractivity contribution < 1.29 is 24.2 Å². The average Bonchev–Trinajstić information content (AvgIpc) is 3.49. The number of unbranched alkanes of at least 4 members (excludes halogenated alkanes) is 2. The van der Waals surface area contributed by atoms with Gasteiger partial charge in [0, 0.05) is 39.3 Å². The van der Waals surface area contributed by atoms with Crippen LogP contribution < -0.4 is 0 Å². The summed E-state index contributed by atoms with van der Waals surface area (Å²) in [5.41, 5.74) is -1.76. The summed E-state index contributed by atoms with van der Waals surface area (Å²) in [7, 11) is 0. The van der Waals surface area contributed by atoms with E-state index in [1.807, 2.05) is 13.8 Å². The van der Waals surface area contributed by atoms with Crippen molar-refractivity contribution in [2.75, 3.05) is 39.3 Å². The van der Waals surface area contributed by atoms with Crippen LogP contribution in [0.15, 0.2) is 25.3 Å². The van der Waals surface area contributed by atoms with Gasteiger partial charge in [-0.3, -0.25) is 14.4 Å². The third kappa shape index (κ3) is 5.11. The summed E-state index contributed by atoms with van der Waals surface area (Å²) in [6, 6.07) is -0.772. The Morgan fingerprint density at radius 3 is 2.27 bits per heavy atom. The molecule has 0 aromatic carbocycles. The highest BCUT2D eigenvalue weighted by Crippen LogP contribution is 2.64. The van der Waals surface area contributed by atoms with E-state index in [9.17, 15) is 19.5 Å². The molecule has 1 N–H and O–H groups in total. The first-order valence-electron chi connectivity index (χ1n) is 14.2. The number of carbonyl (C=O) groups excluding carboxylic acids is 3. The van der Waals surface area contributed by atoms with Gasteiger partial charge in [0.2, 0.25) is 17.7 Å². The number of carbonyl (C=O) groups is 3. The fraction of sp³-hybridized carbons (Fsp3) is 0.759. The van der Waals surface area contributed by atoms with Crippen LogP contribution in [0.2, 0.25) is 0 Å². The first-order chi connectivity index (χ1) is 17.8. The second kappa shape index (κ2) is 12.6. The van der Waals surface area contributed by atoms with E-state index < -0.39 is 29.1 Å². The van der Waals surface area contributed by atoms with Crippen LogP contribution in [0.1, 0.15) is 72.1 Å². The molecular weight excluding hydrogens is 470 g/mol. The van der Waals surface area contributed by atoms with Crippen LogP contribution in [0, 0.1) is 11.8 Å². The number of amides is 3. The molecule has 2 bridgehead atoms. The number of likely N-dealkylation sites (tertiary alicyclic amines) is 1. The Hall–Kier alpha value is -2.19. The quantitative estimate of drug-likeness (QED) is 0.251. The van der Waals surface area contributed by atoms with Crippen LogP contribution in [0.25, 0.3) is 0 Å². The molecule has 3 heterocycles. The lowest BCUT2D eigenvalue weighted by atomic mass is 9.64. The second-order valence-electron chi connectivity index (χ2n) is 10.8. The Morgan fingerprint density at radius 2 is 1.70 bits per heavy atom. The van der Waals surface area contributed by atoms with Crippen LogP contribution in [0.3, 0.4) is 0 Å². The average molecular weight is 518 g/mol. The molecule has 0 aliphatic carbocycles. The van der Waals surface area contributed by atoms with Crippen molar-refractivity contribution in [1.29, 1.82) is 0 Å². The number of aliphatic hydroxyl groups is 1. The summed E-state index contributed by atoms with van der Waals surface area (Å²) < 4.78 is 6.88. The zero-order valence-corrected chi connectivity index (χ0v) is 23.1. The Bertz CT molecular complexity index is 862. The highest BCUT2D eigenvalue weighted by atomic mass is 16.5. The highest BCUT2D eigenvalue weighted by molar-refractivity contribution is 5.99. The smallest absolute Gasteiger partial charge is 0.248 e. The SMILES string of the molecule is C=CCN(CCCC)C(=O)C1N(CCCCO)C(=O)[C@@H]2[C@H](C(=O)N(CC=C)CCC)[C@]3(CC)CCC12O3. The lowest BCUT2D eigenvalue weighted by Gasteiger charge is -2.37. The number of fused-ring (bicyclic) bond motifs is 1. The van der Waals surface area contributed by atoms with E-state index in [1.54, 1.807) is 26.9 Å². The highest BCUT2D eigenvalue weighted by Gasteiger charge is 2.78. The fourth-order valence-electron chi connectivity index (χ4n) is 6.89. The Labute approximate surface area is 222 Å². The topological polar surface area (TPSA) is 90.4 Å². The summed E-state index contributed by atoms with van der Waals surface area (Å²) in [4.78, 5) is 47.7. The number of ether oxygens (including phenoxy) is 1. The third-order valence-corrected chi connectivity index (χ3v) is 8.59. The number of aliphatic hydroxyl groups excluding tert-OH is 1. The van der Waals surface area contributed by atoms with E-state index >= 15 is 0 Å². The molecule has 3 amide bonds. The molecule has 3 saturated heterocycles. The summed E-state index contributed by atoms with van der Waals surface area (Å²) in [6.07, 6.45) is 9.03. The summed E-state index contributed by atoms with van der Waals surface area (Å²) in [6.45, 7) is 16.2. The molecule has 3 aliphatic heterocycles. The number of rotatable bonds is 16. The van der Waals surface area contributed by atoms with Gasteiger partial charge < -0.3 is 24.5 Å². The molecule has 8 heteroatoms. The molecule has 5 atom stereocenters. The second-order valence-corrected chi connectivity index (χ2v) is 10.8. The summed E-state index contributed by atoms with van der Waals surface area (Å²) >= 11 is 0. The van der Waals surface area contributed by atoms with Crippen molar-refractivity contribution in [3.8, 4) is 0 Å². The van der Waals surface area contributed by atoms with Crippen molar-refractivity contribution in [2.45, 2.75) is 89.4 Å². The number of hydrogen-bond acceptors (Lipinski definition) is 5. The molecule has 37 heavy (non-hydrogen) atoms. The number of hydrogen-bond donors (Lipinski definition) is 1. The minimum Gasteiger partial charge on any atom is -0.396 e. The maximum absolute atomic E-state index is 14.2. The Kier molecular flexibility index (Phi) is 9.98. The maximum Gasteiger partial charge on any atom is 0.248 e. The molecule has 3 fully saturated rings. The first kappa shape index (κ1) is 29.4. The van der Waals surface area contributed by atoms with E-state index in [0.717, 1.165) is 19.3 Å². The fourth-order valence-corrected chi connectivity index (χ4v) is 6.89. The summed E-state index contributed by atoms with van der Waals surface area (Å²) in [5.74, 6) is -1.65. The van der Waals surface area contributed by atoms with Gasteiger partial charge in [0.05, 0.1) is 17.4 Å². The molecule has 0 aromatic heterocycles. The molecular formula is C29H47N3O5. The normalized spacial score (nSPS) is 29.9. The number of nitrogens with zero attached hydrogens (tertiary/aromatic N) is 3. The minimum absolute atomic E-state index is 0.0262. The van der Waals surface area contributed by atoms with Crippen molar-refractivity contribution >= 4 is 17.7 Å². The van der Waals surface area contributed by atoms with Crippen LogP contribution in [0.4, 0.5) is 0 Å². The lowest BCUT2D eigenvalue weighted by Crippen LogP contribution is -2.56. The first-order valence-corrected chi connectivity index (χ1v) is 14.2. The lowest BCUT2D eigenvalue weighted by molar-refractivity contribution is -0.155. The third-order valence-electron chi connectivity index (χ3n) is 8.59. The van der Waals surface area contributed by atoms with Crippen molar-refractivity contribution in [3.05, 3.63) is 25.3 Å². The van der Waals surface area contributed by atoms with E-state index in [1.165, 1.54) is 0 Å². The van der Waals surface area contributed by atoms with E-state index in [2.05, 4.69) is 20.1 Å². The maximum atomic E-state index is 14.2. The monoisotopic (exact) mass is 517 g/mol. The molecule has 0 saturated carbocycles. The molecule has 208 valence electrons. The minimum atomic E-state index is -1.01. The van der Waals surface area contributed by atoms with Crippen molar-refractivity contribution in [2.24, 2.45) is 11.8 Å². The molecule has 3 aliphatic rings. The van der Waals surface area contributed by atoms with Gasteiger partial charge in [0.1, 0.15) is 11.6 Å². The van der Waals surface area contributed by atoms with Gasteiger partial charge in [0.15, 0.2) is 0 Å².